The van der Waals surface area contributed by atoms with Gasteiger partial charge in [0.2, 0.25) is 0 Å². The van der Waals surface area contributed by atoms with Crippen molar-refractivity contribution in [2.24, 2.45) is 5.73 Å². The maximum atomic E-state index is 7.00. The van der Waals surface area contributed by atoms with Crippen molar-refractivity contribution >= 4 is 10.2 Å². The molecule has 0 aliphatic heterocycles. The summed E-state index contributed by atoms with van der Waals surface area (Å²) in [7, 11) is 2.15. The first-order valence-electron chi connectivity index (χ1n) is 1.56. The summed E-state index contributed by atoms with van der Waals surface area (Å²) in [5.74, 6) is 0. The van der Waals surface area contributed by atoms with Gasteiger partial charge in [0.05, 0.1) is 0 Å². The molecule has 0 unspecified atom stereocenters. The zero-order valence-electron chi connectivity index (χ0n) is 3.73. The molecule has 0 aliphatic carbocycles. The molecule has 3 heteroatoms. The van der Waals surface area contributed by atoms with Gasteiger partial charge in [-0.3, -0.25) is 0 Å². The predicted octanol–water partition coefficient (Wildman–Crippen LogP) is -2.12. The van der Waals surface area contributed by atoms with Gasteiger partial charge < -0.3 is 10.8 Å². The molecule has 0 atom stereocenters. The number of hydrogen-bond donors (Lipinski definition) is 2. The van der Waals surface area contributed by atoms with E-state index in [9.17, 15) is 0 Å². The molecular weight excluding hydrogens is 82.1 g/mol. The molecule has 0 spiro atoms. The highest BCUT2D eigenvalue weighted by atomic mass is 28.1. The molecule has 0 aromatic carbocycles. The number of aliphatic hydroxyl groups excluding tert-OH is 1. The molecule has 0 aromatic rings. The Hall–Kier alpha value is 0.137. The van der Waals surface area contributed by atoms with Crippen LogP contribution >= 0.6 is 0 Å². The Morgan fingerprint density at radius 2 is 1.80 bits per heavy atom. The van der Waals surface area contributed by atoms with Crippen molar-refractivity contribution in [2.75, 3.05) is 13.3 Å². The molecule has 0 rings (SSSR count). The number of aliphatic hydroxyl groups is 1. The van der Waals surface area contributed by atoms with Crippen LogP contribution in [0.25, 0.3) is 0 Å². The van der Waals surface area contributed by atoms with Crippen LogP contribution in [0.15, 0.2) is 0 Å². The molecule has 0 radical (unpaired) electrons. The molecule has 5 heavy (non-hydrogen) atoms. The zero-order chi connectivity index (χ0) is 4.71. The van der Waals surface area contributed by atoms with Gasteiger partial charge in [0.15, 0.2) is 0 Å². The van der Waals surface area contributed by atoms with E-state index in [-0.39, 0.29) is 0 Å². The van der Waals surface area contributed by atoms with E-state index in [2.05, 4.69) is 0 Å². The second-order valence-corrected chi connectivity index (χ2v) is 1.22. The zero-order valence-corrected chi connectivity index (χ0v) is 5.73. The van der Waals surface area contributed by atoms with E-state index in [1.165, 1.54) is 0 Å². The lowest BCUT2D eigenvalue weighted by Crippen LogP contribution is -1.94. The first-order chi connectivity index (χ1) is 2.41. The van der Waals surface area contributed by atoms with E-state index >= 15 is 0 Å². The maximum Gasteiger partial charge on any atom is 0.0319 e. The van der Waals surface area contributed by atoms with E-state index in [0.717, 1.165) is 23.5 Å². The molecule has 0 aromatic heterocycles. The summed E-state index contributed by atoms with van der Waals surface area (Å²) < 4.78 is 0. The number of nitrogens with two attached hydrogens (primary N) is 1. The van der Waals surface area contributed by atoms with Crippen LogP contribution in [0.2, 0.25) is 0 Å². The minimum Gasteiger partial charge on any atom is -0.400 e. The fraction of sp³-hybridized carbons (Fsp3) is 1.00. The van der Waals surface area contributed by atoms with Crippen LogP contribution in [0, 0.1) is 0 Å². The largest absolute Gasteiger partial charge is 0.400 e. The van der Waals surface area contributed by atoms with Crippen molar-refractivity contribution in [3.63, 3.8) is 0 Å². The molecule has 0 aliphatic rings. The van der Waals surface area contributed by atoms with Crippen molar-refractivity contribution in [1.29, 1.82) is 0 Å². The molecule has 3 N–H and O–H groups in total. The van der Waals surface area contributed by atoms with Gasteiger partial charge in [0.1, 0.15) is 0 Å². The lowest BCUT2D eigenvalue weighted by Gasteiger charge is -1.52. The van der Waals surface area contributed by atoms with Crippen molar-refractivity contribution in [1.82, 2.24) is 0 Å². The predicted molar refractivity (Wildman–Crippen MR) is 27.1 cm³/mol. The molecule has 0 saturated carbocycles. The summed E-state index contributed by atoms with van der Waals surface area (Å²) in [5.41, 5.74) is 4.91. The number of rotatable bonds is 0. The summed E-state index contributed by atoms with van der Waals surface area (Å²) >= 11 is 0. The van der Waals surface area contributed by atoms with Gasteiger partial charge in [-0.2, -0.15) is 0 Å². The topological polar surface area (TPSA) is 46.2 Å². The van der Waals surface area contributed by atoms with E-state index in [1.54, 1.807) is 0 Å². The fourth-order valence-corrected chi connectivity index (χ4v) is 0. The van der Waals surface area contributed by atoms with Crippen molar-refractivity contribution in [3.05, 3.63) is 0 Å². The van der Waals surface area contributed by atoms with E-state index in [4.69, 9.17) is 10.8 Å². The third-order valence-electron chi connectivity index (χ3n) is 0. The Morgan fingerprint density at radius 1 is 1.80 bits per heavy atom. The van der Waals surface area contributed by atoms with Crippen LogP contribution in [0.4, 0.5) is 0 Å². The molecule has 0 amide bonds. The Morgan fingerprint density at radius 3 is 1.80 bits per heavy atom. The molecule has 2 nitrogen and oxygen atoms in total. The van der Waals surface area contributed by atoms with Crippen LogP contribution in [0.1, 0.15) is 0 Å². The van der Waals surface area contributed by atoms with Gasteiger partial charge in [0.25, 0.3) is 0 Å². The minimum atomic E-state index is 0.889. The quantitative estimate of drug-likeness (QED) is 0.336. The summed E-state index contributed by atoms with van der Waals surface area (Å²) in [5, 5.41) is 7.00. The Labute approximate surface area is 35.4 Å². The molecular formula is C2H11NOSi. The molecule has 0 fully saturated rings. The molecule has 0 heterocycles. The summed E-state index contributed by atoms with van der Waals surface area (Å²) in [6, 6.07) is 0. The monoisotopic (exact) mass is 93.1 g/mol. The van der Waals surface area contributed by atoms with Crippen LogP contribution < -0.4 is 5.73 Å². The highest BCUT2D eigenvalue weighted by Crippen LogP contribution is 1.01. The second kappa shape index (κ2) is 31.5. The fourth-order valence-electron chi connectivity index (χ4n) is 0. The standard InChI is InChI=1S/CH7NSi.CH4O/c2-1-3;1-2/h1-2H2,3H3;2H,1H3. The van der Waals surface area contributed by atoms with Crippen molar-refractivity contribution in [3.8, 4) is 0 Å². The lowest BCUT2D eigenvalue weighted by molar-refractivity contribution is 0.399. The van der Waals surface area contributed by atoms with Gasteiger partial charge in [-0.1, -0.05) is 0 Å². The summed E-state index contributed by atoms with van der Waals surface area (Å²) in [6.07, 6.45) is 0.889. The van der Waals surface area contributed by atoms with Crippen molar-refractivity contribution < 1.29 is 5.11 Å². The summed E-state index contributed by atoms with van der Waals surface area (Å²) in [6.45, 7) is 0. The average Bonchev–Trinajstić information content (AvgIpc) is 1.46. The first-order valence-corrected chi connectivity index (χ1v) is 2.98. The molecule has 34 valence electrons. The Balaban J connectivity index is 0. The van der Waals surface area contributed by atoms with Gasteiger partial charge in [0, 0.05) is 17.4 Å². The SMILES string of the molecule is CO.NC[SiH3]. The van der Waals surface area contributed by atoms with E-state index < -0.39 is 0 Å². The van der Waals surface area contributed by atoms with Crippen LogP contribution in [-0.4, -0.2) is 28.6 Å². The highest BCUT2D eigenvalue weighted by molar-refractivity contribution is 6.08. The molecule has 0 bridgehead atoms. The van der Waals surface area contributed by atoms with Crippen LogP contribution in [0.3, 0.4) is 0 Å². The van der Waals surface area contributed by atoms with Crippen molar-refractivity contribution in [2.45, 2.75) is 0 Å². The first kappa shape index (κ1) is 8.93. The highest BCUT2D eigenvalue weighted by Gasteiger charge is 1.34. The smallest absolute Gasteiger partial charge is 0.0319 e. The second-order valence-electron chi connectivity index (χ2n) is 0.408. The minimum absolute atomic E-state index is 0.889. The number of hydrogen-bond acceptors (Lipinski definition) is 2. The normalized spacial score (nSPS) is 5.40. The van der Waals surface area contributed by atoms with Crippen LogP contribution in [0.5, 0.6) is 0 Å². The van der Waals surface area contributed by atoms with Gasteiger partial charge in [-0.05, 0) is 6.17 Å². The maximum absolute atomic E-state index is 7.00. The third kappa shape index (κ3) is 1010. The van der Waals surface area contributed by atoms with Gasteiger partial charge >= 0.3 is 0 Å². The summed E-state index contributed by atoms with van der Waals surface area (Å²) in [4.78, 5) is 0. The van der Waals surface area contributed by atoms with Crippen LogP contribution in [-0.2, 0) is 0 Å². The van der Waals surface area contributed by atoms with E-state index in [1.807, 2.05) is 0 Å². The average molecular weight is 93.2 g/mol. The Kier molecular flexibility index (Phi) is 56.3. The van der Waals surface area contributed by atoms with Gasteiger partial charge in [-0.15, -0.1) is 0 Å². The van der Waals surface area contributed by atoms with Gasteiger partial charge in [-0.25, -0.2) is 0 Å². The molecule has 0 saturated heterocycles. The third-order valence-corrected chi connectivity index (χ3v) is 0. The Bertz CT molecular complexity index is 9.61. The lowest BCUT2D eigenvalue weighted by atomic mass is 11.5. The van der Waals surface area contributed by atoms with E-state index in [0.29, 0.717) is 0 Å².